The maximum Gasteiger partial charge on any atom is 0.104 e. The van der Waals surface area contributed by atoms with E-state index in [1.807, 2.05) is 0 Å². The van der Waals surface area contributed by atoms with Crippen molar-refractivity contribution in [3.63, 3.8) is 0 Å². The third-order valence-electron chi connectivity index (χ3n) is 3.31. The fourth-order valence-electron chi connectivity index (χ4n) is 2.04. The van der Waals surface area contributed by atoms with Gasteiger partial charge in [-0.15, -0.1) is 24.0 Å². The highest BCUT2D eigenvalue weighted by atomic mass is 127. The molecule has 94 valence electrons. The van der Waals surface area contributed by atoms with Gasteiger partial charge in [-0.2, -0.15) is 0 Å². The Hall–Kier alpha value is -0.660. The number of allylic oxidation sites excluding steroid dienone is 1. The van der Waals surface area contributed by atoms with Crippen LogP contribution in [0.2, 0.25) is 0 Å². The van der Waals surface area contributed by atoms with Gasteiger partial charge in [-0.05, 0) is 31.2 Å². The minimum absolute atomic E-state index is 0. The highest BCUT2D eigenvalue weighted by molar-refractivity contribution is 14.0. The van der Waals surface area contributed by atoms with Crippen LogP contribution < -0.4 is 10.6 Å². The molecule has 0 N–H and O–H groups in total. The molecule has 0 aromatic heterocycles. The molecule has 0 fully saturated rings. The fraction of sp³-hybridized carbons (Fsp3) is 0.125. The summed E-state index contributed by atoms with van der Waals surface area (Å²) in [4.78, 5) is 0. The minimum atomic E-state index is -1.44. The molecule has 0 saturated heterocycles. The number of hydrogen-bond acceptors (Lipinski definition) is 0. The minimum Gasteiger partial charge on any atom is -0.107 e. The molecule has 0 aliphatic heterocycles. The molecule has 0 amide bonds. The highest BCUT2D eigenvalue weighted by Gasteiger charge is 2.38. The summed E-state index contributed by atoms with van der Waals surface area (Å²) in [6, 6.07) is 21.4. The maximum atomic E-state index is 4.23. The summed E-state index contributed by atoms with van der Waals surface area (Å²) >= 11 is 0. The van der Waals surface area contributed by atoms with Crippen LogP contribution in [0.25, 0.3) is 0 Å². The van der Waals surface area contributed by atoms with Gasteiger partial charge >= 0.3 is 0 Å². The topological polar surface area (TPSA) is 0 Å². The first-order valence-electron chi connectivity index (χ1n) is 5.79. The van der Waals surface area contributed by atoms with E-state index in [0.717, 1.165) is 0 Å². The van der Waals surface area contributed by atoms with Crippen LogP contribution in [0.4, 0.5) is 0 Å². The van der Waals surface area contributed by atoms with Crippen molar-refractivity contribution in [3.8, 4) is 0 Å². The van der Waals surface area contributed by atoms with E-state index in [9.17, 15) is 0 Å². The van der Waals surface area contributed by atoms with E-state index < -0.39 is 7.26 Å². The zero-order valence-corrected chi connectivity index (χ0v) is 14.1. The first-order chi connectivity index (χ1) is 8.15. The van der Waals surface area contributed by atoms with Gasteiger partial charge in [-0.1, -0.05) is 43.0 Å². The van der Waals surface area contributed by atoms with Crippen LogP contribution in [0.1, 0.15) is 6.92 Å². The molecule has 0 atom stereocenters. The summed E-state index contributed by atoms with van der Waals surface area (Å²) < 4.78 is 0. The van der Waals surface area contributed by atoms with E-state index in [1.165, 1.54) is 15.9 Å². The second-order valence-corrected chi connectivity index (χ2v) is 8.22. The van der Waals surface area contributed by atoms with Crippen molar-refractivity contribution in [1.82, 2.24) is 0 Å². The van der Waals surface area contributed by atoms with Crippen molar-refractivity contribution in [1.29, 1.82) is 0 Å². The molecule has 0 radical (unpaired) electrons. The fourth-order valence-corrected chi connectivity index (χ4v) is 4.76. The highest BCUT2D eigenvalue weighted by Crippen LogP contribution is 2.59. The lowest BCUT2D eigenvalue weighted by Gasteiger charge is -2.22. The van der Waals surface area contributed by atoms with Crippen molar-refractivity contribution in [2.75, 3.05) is 6.66 Å². The third kappa shape index (κ3) is 2.84. The first kappa shape index (κ1) is 15.4. The average Bonchev–Trinajstić information content (AvgIpc) is 2.39. The van der Waals surface area contributed by atoms with Gasteiger partial charge in [0.1, 0.15) is 17.9 Å². The van der Waals surface area contributed by atoms with Crippen molar-refractivity contribution < 1.29 is 0 Å². The van der Waals surface area contributed by atoms with Gasteiger partial charge in [0.2, 0.25) is 0 Å². The second kappa shape index (κ2) is 6.49. The van der Waals surface area contributed by atoms with Crippen LogP contribution in [0, 0.1) is 0 Å². The Balaban J connectivity index is 0.00000162. The summed E-state index contributed by atoms with van der Waals surface area (Å²) in [5, 5.41) is 4.08. The number of benzene rings is 2. The average molecular weight is 369 g/mol. The number of rotatable bonds is 3. The lowest BCUT2D eigenvalue weighted by molar-refractivity contribution is 1.65. The Morgan fingerprint density at radius 2 is 1.17 bits per heavy atom. The van der Waals surface area contributed by atoms with Gasteiger partial charge in [0, 0.05) is 0 Å². The zero-order valence-electron chi connectivity index (χ0n) is 10.8. The third-order valence-corrected chi connectivity index (χ3v) is 7.50. The molecule has 0 nitrogen and oxygen atoms in total. The van der Waals surface area contributed by atoms with Crippen LogP contribution in [-0.2, 0) is 0 Å². The van der Waals surface area contributed by atoms with E-state index in [2.05, 4.69) is 80.8 Å². The van der Waals surface area contributed by atoms with E-state index in [4.69, 9.17) is 0 Å². The van der Waals surface area contributed by atoms with Crippen LogP contribution >= 0.6 is 31.2 Å². The molecule has 2 aromatic rings. The Morgan fingerprint density at radius 3 is 1.44 bits per heavy atom. The molecule has 0 saturated carbocycles. The van der Waals surface area contributed by atoms with Gasteiger partial charge in [0.15, 0.2) is 0 Å². The normalized spacial score (nSPS) is 10.6. The van der Waals surface area contributed by atoms with Gasteiger partial charge in [0.05, 0.1) is 12.0 Å². The van der Waals surface area contributed by atoms with Gasteiger partial charge < -0.3 is 0 Å². The van der Waals surface area contributed by atoms with Crippen molar-refractivity contribution in [3.05, 3.63) is 72.6 Å². The molecule has 18 heavy (non-hydrogen) atoms. The summed E-state index contributed by atoms with van der Waals surface area (Å²) in [5.74, 6) is 0. The smallest absolute Gasteiger partial charge is 0.104 e. The Morgan fingerprint density at radius 1 is 0.833 bits per heavy atom. The van der Waals surface area contributed by atoms with Gasteiger partial charge in [-0.25, -0.2) is 0 Å². The van der Waals surface area contributed by atoms with Gasteiger partial charge in [0.25, 0.3) is 0 Å². The quantitative estimate of drug-likeness (QED) is 0.555. The van der Waals surface area contributed by atoms with Crippen LogP contribution in [0.15, 0.2) is 72.6 Å². The van der Waals surface area contributed by atoms with Crippen molar-refractivity contribution >= 4 is 41.8 Å². The number of halogens is 1. The second-order valence-electron chi connectivity index (χ2n) is 4.41. The molecule has 2 aromatic carbocycles. The molecule has 0 spiro atoms. The van der Waals surface area contributed by atoms with E-state index >= 15 is 0 Å². The number of hydrogen-bond donors (Lipinski definition) is 0. The molecule has 0 aliphatic carbocycles. The predicted molar refractivity (Wildman–Crippen MR) is 95.2 cm³/mol. The largest absolute Gasteiger partial charge is 0.107 e. The van der Waals surface area contributed by atoms with E-state index in [-0.39, 0.29) is 24.0 Å². The zero-order chi connectivity index (χ0) is 12.3. The molecule has 2 rings (SSSR count). The summed E-state index contributed by atoms with van der Waals surface area (Å²) in [5.41, 5.74) is 0. The monoisotopic (exact) mass is 369 g/mol. The first-order valence-corrected chi connectivity index (χ1v) is 8.03. The molecular weight excluding hydrogens is 350 g/mol. The van der Waals surface area contributed by atoms with Crippen LogP contribution in [0.5, 0.6) is 0 Å². The van der Waals surface area contributed by atoms with Crippen LogP contribution in [-0.4, -0.2) is 6.66 Å². The van der Waals surface area contributed by atoms with Crippen molar-refractivity contribution in [2.24, 2.45) is 0 Å². The Labute approximate surface area is 127 Å². The van der Waals surface area contributed by atoms with Crippen LogP contribution in [0.3, 0.4) is 0 Å². The summed E-state index contributed by atoms with van der Waals surface area (Å²) in [7, 11) is -1.44. The lowest BCUT2D eigenvalue weighted by Crippen LogP contribution is -2.21. The van der Waals surface area contributed by atoms with E-state index in [1.54, 1.807) is 0 Å². The van der Waals surface area contributed by atoms with E-state index in [0.29, 0.717) is 0 Å². The predicted octanol–water partition coefficient (Wildman–Crippen LogP) is 4.44. The molecule has 0 bridgehead atoms. The molecule has 0 aliphatic rings. The van der Waals surface area contributed by atoms with Gasteiger partial charge in [-0.3, -0.25) is 0 Å². The summed E-state index contributed by atoms with van der Waals surface area (Å²) in [6.45, 7) is 8.72. The summed E-state index contributed by atoms with van der Waals surface area (Å²) in [6.07, 6.45) is 0. The van der Waals surface area contributed by atoms with Crippen molar-refractivity contribution in [2.45, 2.75) is 6.92 Å². The molecular formula is C16H19IP+. The molecule has 0 unspecified atom stereocenters. The lowest BCUT2D eigenvalue weighted by atomic mass is 10.4. The Kier molecular flexibility index (Phi) is 5.55. The molecule has 0 heterocycles. The SMILES string of the molecule is C=C(C)[P+](C)(c1ccccc1)c1ccccc1.I. The maximum absolute atomic E-state index is 4.23. The molecule has 2 heteroatoms. The Bertz CT molecular complexity index is 466. The standard InChI is InChI=1S/C16H18P.HI/c1-14(2)17(3,15-10-6-4-7-11-15)16-12-8-5-9-13-16;/h4-13H,1H2,2-3H3;1H/q+1;.